The van der Waals surface area contributed by atoms with Crippen molar-refractivity contribution in [2.24, 2.45) is 0 Å². The SMILES string of the molecule is C=Cc1ccc(C(=O)Nc2c(OC)cccc2OC)cc1. The molecular formula is C17H17NO3. The van der Waals surface area contributed by atoms with Crippen LogP contribution in [0.15, 0.2) is 49.0 Å². The number of hydrogen-bond acceptors (Lipinski definition) is 3. The molecule has 0 bridgehead atoms. The second kappa shape index (κ2) is 6.61. The molecule has 2 rings (SSSR count). The molecule has 0 heterocycles. The summed E-state index contributed by atoms with van der Waals surface area (Å²) < 4.78 is 10.5. The fourth-order valence-electron chi connectivity index (χ4n) is 1.93. The van der Waals surface area contributed by atoms with Crippen molar-refractivity contribution in [3.05, 3.63) is 60.2 Å². The highest BCUT2D eigenvalue weighted by Gasteiger charge is 2.14. The zero-order valence-corrected chi connectivity index (χ0v) is 12.1. The fourth-order valence-corrected chi connectivity index (χ4v) is 1.93. The van der Waals surface area contributed by atoms with Crippen molar-refractivity contribution < 1.29 is 14.3 Å². The Morgan fingerprint density at radius 2 is 1.62 bits per heavy atom. The molecule has 0 aromatic heterocycles. The van der Waals surface area contributed by atoms with Gasteiger partial charge in [0.15, 0.2) is 0 Å². The molecule has 0 aliphatic carbocycles. The molecule has 4 nitrogen and oxygen atoms in total. The average molecular weight is 283 g/mol. The van der Waals surface area contributed by atoms with E-state index in [1.54, 1.807) is 50.6 Å². The maximum absolute atomic E-state index is 12.3. The van der Waals surface area contributed by atoms with Gasteiger partial charge in [0, 0.05) is 5.56 Å². The van der Waals surface area contributed by atoms with Crippen molar-refractivity contribution >= 4 is 17.7 Å². The molecule has 0 spiro atoms. The Morgan fingerprint density at radius 1 is 1.05 bits per heavy atom. The van der Waals surface area contributed by atoms with Crippen LogP contribution >= 0.6 is 0 Å². The summed E-state index contributed by atoms with van der Waals surface area (Å²) in [6.45, 7) is 3.68. The van der Waals surface area contributed by atoms with Gasteiger partial charge in [-0.15, -0.1) is 0 Å². The number of ether oxygens (including phenoxy) is 2. The standard InChI is InChI=1S/C17H17NO3/c1-4-12-8-10-13(11-9-12)17(19)18-16-14(20-2)6-5-7-15(16)21-3/h4-11H,1H2,2-3H3,(H,18,19). The van der Waals surface area contributed by atoms with Gasteiger partial charge in [-0.05, 0) is 29.8 Å². The number of rotatable bonds is 5. The van der Waals surface area contributed by atoms with Gasteiger partial charge >= 0.3 is 0 Å². The third-order valence-corrected chi connectivity index (χ3v) is 3.07. The second-order valence-electron chi connectivity index (χ2n) is 4.32. The highest BCUT2D eigenvalue weighted by molar-refractivity contribution is 6.06. The molecule has 0 unspecified atom stereocenters. The van der Waals surface area contributed by atoms with Crippen LogP contribution in [0.4, 0.5) is 5.69 Å². The van der Waals surface area contributed by atoms with E-state index in [4.69, 9.17) is 9.47 Å². The Morgan fingerprint density at radius 3 is 2.10 bits per heavy atom. The van der Waals surface area contributed by atoms with E-state index in [1.807, 2.05) is 12.1 Å². The molecule has 2 aromatic carbocycles. The summed E-state index contributed by atoms with van der Waals surface area (Å²) in [6, 6.07) is 12.5. The van der Waals surface area contributed by atoms with Gasteiger partial charge < -0.3 is 14.8 Å². The Kier molecular flexibility index (Phi) is 4.61. The van der Waals surface area contributed by atoms with E-state index in [0.717, 1.165) is 5.56 Å². The van der Waals surface area contributed by atoms with E-state index >= 15 is 0 Å². The van der Waals surface area contributed by atoms with E-state index in [2.05, 4.69) is 11.9 Å². The minimum Gasteiger partial charge on any atom is -0.494 e. The molecule has 0 atom stereocenters. The average Bonchev–Trinajstić information content (AvgIpc) is 2.55. The third-order valence-electron chi connectivity index (χ3n) is 3.07. The number of carbonyl (C=O) groups is 1. The van der Waals surface area contributed by atoms with Crippen molar-refractivity contribution in [2.45, 2.75) is 0 Å². The Bertz CT molecular complexity index is 625. The summed E-state index contributed by atoms with van der Waals surface area (Å²) in [7, 11) is 3.09. The maximum atomic E-state index is 12.3. The van der Waals surface area contributed by atoms with Crippen molar-refractivity contribution in [1.82, 2.24) is 0 Å². The van der Waals surface area contributed by atoms with Gasteiger partial charge in [-0.25, -0.2) is 0 Å². The van der Waals surface area contributed by atoms with E-state index in [1.165, 1.54) is 0 Å². The lowest BCUT2D eigenvalue weighted by Gasteiger charge is -2.14. The molecule has 2 aromatic rings. The van der Waals surface area contributed by atoms with Gasteiger partial charge in [-0.1, -0.05) is 30.9 Å². The number of methoxy groups -OCH3 is 2. The first-order valence-corrected chi connectivity index (χ1v) is 6.44. The van der Waals surface area contributed by atoms with Crippen molar-refractivity contribution in [3.8, 4) is 11.5 Å². The van der Waals surface area contributed by atoms with Crippen LogP contribution in [-0.4, -0.2) is 20.1 Å². The summed E-state index contributed by atoms with van der Waals surface area (Å²) in [5.41, 5.74) is 2.02. The van der Waals surface area contributed by atoms with Gasteiger partial charge in [0.1, 0.15) is 17.2 Å². The van der Waals surface area contributed by atoms with Crippen LogP contribution in [0.1, 0.15) is 15.9 Å². The molecule has 0 aliphatic heterocycles. The molecule has 21 heavy (non-hydrogen) atoms. The molecule has 0 saturated heterocycles. The first-order valence-electron chi connectivity index (χ1n) is 6.44. The first kappa shape index (κ1) is 14.7. The summed E-state index contributed by atoms with van der Waals surface area (Å²) in [5.74, 6) is 0.865. The highest BCUT2D eigenvalue weighted by atomic mass is 16.5. The maximum Gasteiger partial charge on any atom is 0.255 e. The number of benzene rings is 2. The predicted molar refractivity (Wildman–Crippen MR) is 84.0 cm³/mol. The summed E-state index contributed by atoms with van der Waals surface area (Å²) in [5, 5.41) is 2.82. The zero-order chi connectivity index (χ0) is 15.2. The Labute approximate surface area is 124 Å². The van der Waals surface area contributed by atoms with Crippen molar-refractivity contribution in [2.75, 3.05) is 19.5 Å². The molecule has 0 aliphatic rings. The van der Waals surface area contributed by atoms with Gasteiger partial charge in [0.2, 0.25) is 0 Å². The highest BCUT2D eigenvalue weighted by Crippen LogP contribution is 2.34. The molecule has 1 N–H and O–H groups in total. The number of hydrogen-bond donors (Lipinski definition) is 1. The molecule has 108 valence electrons. The number of nitrogens with one attached hydrogen (secondary N) is 1. The first-order chi connectivity index (χ1) is 10.2. The third kappa shape index (κ3) is 3.23. The molecule has 1 amide bonds. The largest absolute Gasteiger partial charge is 0.494 e. The quantitative estimate of drug-likeness (QED) is 0.912. The number of amides is 1. The molecule has 0 saturated carbocycles. The molecular weight excluding hydrogens is 266 g/mol. The van der Waals surface area contributed by atoms with Crippen molar-refractivity contribution in [3.63, 3.8) is 0 Å². The Balaban J connectivity index is 2.28. The number of anilines is 1. The van der Waals surface area contributed by atoms with E-state index in [-0.39, 0.29) is 5.91 Å². The molecule has 0 radical (unpaired) electrons. The monoisotopic (exact) mass is 283 g/mol. The minimum atomic E-state index is -0.228. The number of para-hydroxylation sites is 1. The lowest BCUT2D eigenvalue weighted by atomic mass is 10.1. The van der Waals surface area contributed by atoms with Crippen LogP contribution in [0.25, 0.3) is 6.08 Å². The minimum absolute atomic E-state index is 0.228. The van der Waals surface area contributed by atoms with Gasteiger partial charge in [0.25, 0.3) is 5.91 Å². The van der Waals surface area contributed by atoms with Gasteiger partial charge in [-0.2, -0.15) is 0 Å². The van der Waals surface area contributed by atoms with Crippen LogP contribution in [0.5, 0.6) is 11.5 Å². The van der Waals surface area contributed by atoms with E-state index in [0.29, 0.717) is 22.7 Å². The summed E-state index contributed by atoms with van der Waals surface area (Å²) in [4.78, 5) is 12.3. The van der Waals surface area contributed by atoms with Gasteiger partial charge in [-0.3, -0.25) is 4.79 Å². The summed E-state index contributed by atoms with van der Waals surface area (Å²) in [6.07, 6.45) is 1.73. The van der Waals surface area contributed by atoms with Crippen LogP contribution in [-0.2, 0) is 0 Å². The van der Waals surface area contributed by atoms with E-state index in [9.17, 15) is 4.79 Å². The predicted octanol–water partition coefficient (Wildman–Crippen LogP) is 3.60. The van der Waals surface area contributed by atoms with Crippen LogP contribution < -0.4 is 14.8 Å². The lowest BCUT2D eigenvalue weighted by molar-refractivity contribution is 0.102. The van der Waals surface area contributed by atoms with Gasteiger partial charge in [0.05, 0.1) is 14.2 Å². The van der Waals surface area contributed by atoms with E-state index < -0.39 is 0 Å². The molecule has 0 fully saturated rings. The molecule has 4 heteroatoms. The topological polar surface area (TPSA) is 47.6 Å². The summed E-state index contributed by atoms with van der Waals surface area (Å²) >= 11 is 0. The zero-order valence-electron chi connectivity index (χ0n) is 12.1. The normalized spacial score (nSPS) is 9.81. The van der Waals surface area contributed by atoms with Crippen LogP contribution in [0, 0.1) is 0 Å². The Hall–Kier alpha value is -2.75. The fraction of sp³-hybridized carbons (Fsp3) is 0.118. The van der Waals surface area contributed by atoms with Crippen LogP contribution in [0.2, 0.25) is 0 Å². The lowest BCUT2D eigenvalue weighted by Crippen LogP contribution is -2.13. The second-order valence-corrected chi connectivity index (χ2v) is 4.32. The van der Waals surface area contributed by atoms with Crippen LogP contribution in [0.3, 0.4) is 0 Å². The number of carbonyl (C=O) groups excluding carboxylic acids is 1. The smallest absolute Gasteiger partial charge is 0.255 e. The van der Waals surface area contributed by atoms with Crippen molar-refractivity contribution in [1.29, 1.82) is 0 Å².